The predicted molar refractivity (Wildman–Crippen MR) is 317 cm³/mol. The Hall–Kier alpha value is -5.88. The van der Waals surface area contributed by atoms with E-state index in [1.165, 1.54) is 23.1 Å². The maximum absolute atomic E-state index is 15.0. The average Bonchev–Trinajstić information content (AvgIpc) is 3.35. The summed E-state index contributed by atoms with van der Waals surface area (Å²) in [6, 6.07) is 17.1. The number of nitrogens with one attached hydrogen (secondary N) is 6. The summed E-state index contributed by atoms with van der Waals surface area (Å²) in [4.78, 5) is 93.4. The summed E-state index contributed by atoms with van der Waals surface area (Å²) in [6.07, 6.45) is 2.20. The number of nitrogens with zero attached hydrogens (tertiary/aromatic N) is 4. The van der Waals surface area contributed by atoms with Crippen LogP contribution in [-0.4, -0.2) is 160 Å². The number of likely N-dealkylation sites (N-methyl/N-ethyl adjacent to an activating group) is 1. The minimum absolute atomic E-state index is 0. The zero-order chi connectivity index (χ0) is 56.8. The second-order valence-electron chi connectivity index (χ2n) is 22.2. The Morgan fingerprint density at radius 1 is 0.843 bits per heavy atom. The van der Waals surface area contributed by atoms with Gasteiger partial charge in [-0.2, -0.15) is 0 Å². The standard InChI is InChI=1S/C59H73F3N10O8.3ClH/c1-35-30-70(44(28-64-35)17-20-69-21-24-80-33-36(69)2)32-51(74)72-34-59(4,46-16-11-39(26-49(46)72)25-38-9-13-42(60)14-10-38)58(78)65-29-50(73)66-43-15-12-41-31-71(54(45(41)27-43)56(76)68-53-47(61)7-6-8-48(53)62)57(77)52(40-18-22-79-23-19-40)67-55(75)37(3)63-5;;;/h6-16,26-27,35-37,40,44,52,54,63-64H,17-25,28-34H2,1-5H3,(H,65,78)(H,66,73)(H,67,75)(H,68,76);3*1H/t35-,36-,37+,44-,52+,54+,59?;;;/m1.../s1. The number of carbonyl (C=O) groups excluding carboxylic acids is 6. The van der Waals surface area contributed by atoms with Crippen molar-refractivity contribution in [3.63, 3.8) is 0 Å². The molecule has 5 aliphatic heterocycles. The molecule has 83 heavy (non-hydrogen) atoms. The number of rotatable bonds is 18. The fourth-order valence-electron chi connectivity index (χ4n) is 11.7. The van der Waals surface area contributed by atoms with Gasteiger partial charge in [-0.25, -0.2) is 13.2 Å². The topological polar surface area (TPSA) is 206 Å². The fourth-order valence-corrected chi connectivity index (χ4v) is 11.7. The van der Waals surface area contributed by atoms with Gasteiger partial charge in [0, 0.05) is 82.0 Å². The predicted octanol–water partition coefficient (Wildman–Crippen LogP) is 5.63. The summed E-state index contributed by atoms with van der Waals surface area (Å²) in [5.74, 6) is -6.03. The summed E-state index contributed by atoms with van der Waals surface area (Å²) in [6.45, 7) is 12.3. The number of hydrogen-bond donors (Lipinski definition) is 6. The van der Waals surface area contributed by atoms with Gasteiger partial charge in [0.25, 0.3) is 5.91 Å². The Kier molecular flexibility index (Phi) is 23.4. The van der Waals surface area contributed by atoms with Gasteiger partial charge >= 0.3 is 0 Å². The number of amides is 6. The first-order valence-electron chi connectivity index (χ1n) is 27.7. The third-order valence-corrected chi connectivity index (χ3v) is 16.5. The maximum Gasteiger partial charge on any atom is 0.252 e. The largest absolute Gasteiger partial charge is 0.381 e. The number of halogens is 6. The quantitative estimate of drug-likeness (QED) is 0.0717. The monoisotopic (exact) mass is 1210 g/mol. The van der Waals surface area contributed by atoms with Gasteiger partial charge in [-0.1, -0.05) is 36.4 Å². The lowest BCUT2D eigenvalue weighted by Crippen LogP contribution is -2.59. The third kappa shape index (κ3) is 15.3. The van der Waals surface area contributed by atoms with Crippen LogP contribution in [0.2, 0.25) is 0 Å². The van der Waals surface area contributed by atoms with Crippen LogP contribution in [0.5, 0.6) is 0 Å². The molecule has 1 unspecified atom stereocenters. The van der Waals surface area contributed by atoms with Crippen molar-refractivity contribution in [1.82, 2.24) is 36.0 Å². The van der Waals surface area contributed by atoms with Crippen LogP contribution in [-0.2, 0) is 56.6 Å². The Labute approximate surface area is 501 Å². The highest BCUT2D eigenvalue weighted by atomic mass is 35.5. The Balaban J connectivity index is 0.00000369. The van der Waals surface area contributed by atoms with E-state index in [0.717, 1.165) is 55.4 Å². The number of carbonyl (C=O) groups is 6. The Bertz CT molecular complexity index is 2940. The van der Waals surface area contributed by atoms with E-state index in [4.69, 9.17) is 9.47 Å². The number of fused-ring (bicyclic) bond motifs is 2. The molecule has 452 valence electrons. The van der Waals surface area contributed by atoms with Crippen molar-refractivity contribution in [1.29, 1.82) is 0 Å². The molecule has 3 fully saturated rings. The van der Waals surface area contributed by atoms with Gasteiger partial charge in [-0.05, 0) is 137 Å². The lowest BCUT2D eigenvalue weighted by molar-refractivity contribution is -0.144. The molecule has 24 heteroatoms. The number of benzene rings is 4. The van der Waals surface area contributed by atoms with Crippen LogP contribution >= 0.6 is 37.2 Å². The van der Waals surface area contributed by atoms with E-state index >= 15 is 8.78 Å². The molecule has 0 bridgehead atoms. The van der Waals surface area contributed by atoms with Crippen LogP contribution in [0.3, 0.4) is 0 Å². The first kappa shape index (κ1) is 66.3. The summed E-state index contributed by atoms with van der Waals surface area (Å²) in [7, 11) is 1.61. The highest BCUT2D eigenvalue weighted by molar-refractivity contribution is 6.05. The van der Waals surface area contributed by atoms with E-state index in [-0.39, 0.29) is 97.8 Å². The minimum atomic E-state index is -1.46. The number of anilines is 3. The summed E-state index contributed by atoms with van der Waals surface area (Å²) in [5.41, 5.74) is 1.88. The zero-order valence-electron chi connectivity index (χ0n) is 47.3. The van der Waals surface area contributed by atoms with Crippen molar-refractivity contribution in [2.45, 2.75) is 102 Å². The van der Waals surface area contributed by atoms with Crippen molar-refractivity contribution < 1.29 is 51.4 Å². The maximum atomic E-state index is 15.0. The van der Waals surface area contributed by atoms with E-state index in [1.807, 2.05) is 18.2 Å². The van der Waals surface area contributed by atoms with Crippen LogP contribution in [0.25, 0.3) is 0 Å². The zero-order valence-corrected chi connectivity index (χ0v) is 49.7. The third-order valence-electron chi connectivity index (χ3n) is 16.5. The number of para-hydroxylation sites is 1. The minimum Gasteiger partial charge on any atom is -0.381 e. The molecule has 5 aliphatic rings. The molecule has 7 atom stereocenters. The number of piperazine rings is 1. The summed E-state index contributed by atoms with van der Waals surface area (Å²) >= 11 is 0. The number of morpholine rings is 1. The van der Waals surface area contributed by atoms with Crippen LogP contribution in [0.15, 0.2) is 78.9 Å². The average molecular weight is 1220 g/mol. The molecule has 3 saturated heterocycles. The van der Waals surface area contributed by atoms with Crippen molar-refractivity contribution in [3.05, 3.63) is 124 Å². The van der Waals surface area contributed by atoms with Crippen molar-refractivity contribution in [3.8, 4) is 0 Å². The molecule has 6 N–H and O–H groups in total. The fraction of sp³-hybridized carbons (Fsp3) is 0.492. The molecule has 0 spiro atoms. The SMILES string of the molecule is CN[C@@H](C)C(=O)N[C@H](C(=O)N1Cc2ccc(NC(=O)CNC(=O)C3(C)CN(C(=O)CN4C[C@@H](C)NC[C@H]4CCN4CCOC[C@H]4C)c4cc(Cc5ccc(F)cc5)ccc43)cc2[C@H]1C(=O)Nc1c(F)cccc1F)C1CCOCC1.Cl.Cl.Cl. The van der Waals surface area contributed by atoms with Crippen LogP contribution in [0, 0.1) is 23.4 Å². The van der Waals surface area contributed by atoms with Crippen LogP contribution in [0.4, 0.5) is 30.2 Å². The molecule has 5 heterocycles. The van der Waals surface area contributed by atoms with Crippen molar-refractivity contribution in [2.75, 3.05) is 94.8 Å². The van der Waals surface area contributed by atoms with E-state index in [9.17, 15) is 33.2 Å². The van der Waals surface area contributed by atoms with Gasteiger partial charge in [-0.3, -0.25) is 38.6 Å². The molecule has 9 rings (SSSR count). The van der Waals surface area contributed by atoms with Crippen LogP contribution < -0.4 is 36.8 Å². The first-order valence-corrected chi connectivity index (χ1v) is 27.7. The number of ether oxygens (including phenoxy) is 2. The molecule has 0 radical (unpaired) electrons. The lowest BCUT2D eigenvalue weighted by Gasteiger charge is -2.41. The molecule has 4 aromatic carbocycles. The molecule has 0 aromatic heterocycles. The van der Waals surface area contributed by atoms with Crippen molar-refractivity contribution >= 4 is 89.7 Å². The van der Waals surface area contributed by atoms with Gasteiger partial charge in [0.2, 0.25) is 29.5 Å². The van der Waals surface area contributed by atoms with E-state index in [0.29, 0.717) is 75.1 Å². The smallest absolute Gasteiger partial charge is 0.252 e. The number of hydrogen-bond acceptors (Lipinski definition) is 12. The second-order valence-corrected chi connectivity index (χ2v) is 22.2. The van der Waals surface area contributed by atoms with Gasteiger partial charge in [-0.15, -0.1) is 37.2 Å². The highest BCUT2D eigenvalue weighted by Crippen LogP contribution is 2.43. The van der Waals surface area contributed by atoms with E-state index in [2.05, 4.69) is 55.5 Å². The van der Waals surface area contributed by atoms with Gasteiger partial charge in [0.05, 0.1) is 37.8 Å². The Morgan fingerprint density at radius 2 is 1.55 bits per heavy atom. The van der Waals surface area contributed by atoms with Gasteiger partial charge in [0.15, 0.2) is 0 Å². The van der Waals surface area contributed by atoms with Gasteiger partial charge < -0.3 is 51.2 Å². The molecule has 4 aromatic rings. The van der Waals surface area contributed by atoms with Crippen LogP contribution in [0.1, 0.15) is 80.8 Å². The lowest BCUT2D eigenvalue weighted by atomic mass is 9.83. The van der Waals surface area contributed by atoms with E-state index in [1.54, 1.807) is 50.1 Å². The second kappa shape index (κ2) is 29.3. The molecule has 6 amide bonds. The Morgan fingerprint density at radius 3 is 2.25 bits per heavy atom. The summed E-state index contributed by atoms with van der Waals surface area (Å²) < 4.78 is 55.2. The molecular weight excluding hydrogens is 1140 g/mol. The normalized spacial score (nSPS) is 22.3. The van der Waals surface area contributed by atoms with E-state index < -0.39 is 76.9 Å². The van der Waals surface area contributed by atoms with Crippen molar-refractivity contribution in [2.24, 2.45) is 5.92 Å². The molecule has 0 aliphatic carbocycles. The van der Waals surface area contributed by atoms with Gasteiger partial charge in [0.1, 0.15) is 35.2 Å². The molecular formula is C59H76Cl3F3N10O8. The first-order chi connectivity index (χ1) is 38.4. The molecule has 18 nitrogen and oxygen atoms in total. The molecule has 0 saturated carbocycles. The highest BCUT2D eigenvalue weighted by Gasteiger charge is 2.48. The summed E-state index contributed by atoms with van der Waals surface area (Å²) in [5, 5.41) is 17.3.